The number of anilines is 1. The highest BCUT2D eigenvalue weighted by Gasteiger charge is 2.22. The molecule has 3 rings (SSSR count). The van der Waals surface area contributed by atoms with Crippen LogP contribution in [-0.2, 0) is 11.3 Å². The molecule has 0 radical (unpaired) electrons. The molecule has 0 atom stereocenters. The van der Waals surface area contributed by atoms with Crippen molar-refractivity contribution in [2.45, 2.75) is 39.7 Å². The maximum atomic E-state index is 12.9. The second-order valence-electron chi connectivity index (χ2n) is 7.70. The lowest BCUT2D eigenvalue weighted by Gasteiger charge is -2.31. The number of hydrogen-bond acceptors (Lipinski definition) is 4. The first-order valence-electron chi connectivity index (χ1n) is 10.6. The topological polar surface area (TPSA) is 75.0 Å². The molecule has 0 spiro atoms. The van der Waals surface area contributed by atoms with E-state index in [2.05, 4.69) is 12.2 Å². The number of carbonyl (C=O) groups excluding carboxylic acids is 2. The van der Waals surface area contributed by atoms with Gasteiger partial charge >= 0.3 is 6.03 Å². The predicted octanol–water partition coefficient (Wildman–Crippen LogP) is 4.36. The Morgan fingerprint density at radius 3 is 2.57 bits per heavy atom. The molecule has 0 unspecified atom stereocenters. The van der Waals surface area contributed by atoms with Crippen molar-refractivity contribution in [1.82, 2.24) is 9.80 Å². The highest BCUT2D eigenvalue weighted by Crippen LogP contribution is 2.18. The minimum Gasteiger partial charge on any atom is -0.494 e. The molecule has 1 aromatic carbocycles. The number of urea groups is 1. The van der Waals surface area contributed by atoms with Gasteiger partial charge in [-0.15, -0.1) is 0 Å². The van der Waals surface area contributed by atoms with Crippen molar-refractivity contribution in [2.24, 2.45) is 5.92 Å². The van der Waals surface area contributed by atoms with Crippen molar-refractivity contribution in [1.29, 1.82) is 0 Å². The first kappa shape index (κ1) is 21.7. The number of ether oxygens (including phenoxy) is 1. The third kappa shape index (κ3) is 6.27. The van der Waals surface area contributed by atoms with E-state index in [4.69, 9.17) is 9.15 Å². The van der Waals surface area contributed by atoms with Crippen molar-refractivity contribution in [3.8, 4) is 5.75 Å². The molecule has 0 saturated carbocycles. The summed E-state index contributed by atoms with van der Waals surface area (Å²) in [5, 5.41) is 2.90. The van der Waals surface area contributed by atoms with Gasteiger partial charge in [-0.3, -0.25) is 4.79 Å². The minimum absolute atomic E-state index is 0.0974. The number of rotatable bonds is 8. The third-order valence-corrected chi connectivity index (χ3v) is 5.36. The normalized spacial score (nSPS) is 14.4. The zero-order valence-electron chi connectivity index (χ0n) is 17.8. The van der Waals surface area contributed by atoms with Crippen LogP contribution < -0.4 is 10.1 Å². The van der Waals surface area contributed by atoms with E-state index in [1.165, 1.54) is 0 Å². The average molecular weight is 414 g/mol. The Balaban J connectivity index is 1.59. The fraction of sp³-hybridized carbons (Fsp3) is 0.478. The minimum atomic E-state index is -0.268. The summed E-state index contributed by atoms with van der Waals surface area (Å²) in [4.78, 5) is 29.0. The number of hydrogen-bond donors (Lipinski definition) is 1. The molecule has 1 aromatic heterocycles. The van der Waals surface area contributed by atoms with E-state index in [-0.39, 0.29) is 11.9 Å². The second-order valence-corrected chi connectivity index (χ2v) is 7.70. The number of benzene rings is 1. The average Bonchev–Trinajstić information content (AvgIpc) is 3.26. The highest BCUT2D eigenvalue weighted by molar-refractivity contribution is 5.89. The van der Waals surface area contributed by atoms with Gasteiger partial charge in [0.2, 0.25) is 5.91 Å². The largest absolute Gasteiger partial charge is 0.494 e. The van der Waals surface area contributed by atoms with E-state index in [1.807, 2.05) is 30.0 Å². The zero-order valence-corrected chi connectivity index (χ0v) is 17.8. The summed E-state index contributed by atoms with van der Waals surface area (Å²) in [5.74, 6) is 2.20. The van der Waals surface area contributed by atoms with Crippen molar-refractivity contribution in [3.05, 3.63) is 48.4 Å². The van der Waals surface area contributed by atoms with Crippen LogP contribution in [0.15, 0.2) is 47.1 Å². The van der Waals surface area contributed by atoms with Gasteiger partial charge in [0.1, 0.15) is 11.5 Å². The molecule has 1 fully saturated rings. The van der Waals surface area contributed by atoms with Crippen LogP contribution in [0.4, 0.5) is 10.5 Å². The maximum absolute atomic E-state index is 12.9. The van der Waals surface area contributed by atoms with Crippen molar-refractivity contribution in [2.75, 3.05) is 31.6 Å². The van der Waals surface area contributed by atoms with E-state index in [1.54, 1.807) is 29.4 Å². The lowest BCUT2D eigenvalue weighted by Crippen LogP contribution is -2.41. The molecule has 0 bridgehead atoms. The quantitative estimate of drug-likeness (QED) is 0.698. The summed E-state index contributed by atoms with van der Waals surface area (Å²) >= 11 is 0. The molecular formula is C23H31N3O4. The summed E-state index contributed by atoms with van der Waals surface area (Å²) in [6.07, 6.45) is 3.96. The fourth-order valence-electron chi connectivity index (χ4n) is 3.49. The molecule has 0 aliphatic carbocycles. The molecule has 1 aliphatic heterocycles. The Morgan fingerprint density at radius 1 is 1.20 bits per heavy atom. The van der Waals surface area contributed by atoms with Crippen molar-refractivity contribution >= 4 is 17.6 Å². The molecule has 30 heavy (non-hydrogen) atoms. The van der Waals surface area contributed by atoms with Gasteiger partial charge in [-0.05, 0) is 62.1 Å². The van der Waals surface area contributed by atoms with Gasteiger partial charge in [0.15, 0.2) is 0 Å². The fourth-order valence-corrected chi connectivity index (χ4v) is 3.49. The van der Waals surface area contributed by atoms with Crippen LogP contribution in [0.3, 0.4) is 0 Å². The number of piperidine rings is 1. The summed E-state index contributed by atoms with van der Waals surface area (Å²) in [5.41, 5.74) is 0.671. The van der Waals surface area contributed by atoms with Crippen LogP contribution in [-0.4, -0.2) is 48.0 Å². The summed E-state index contributed by atoms with van der Waals surface area (Å²) in [6, 6.07) is 10.6. The first-order chi connectivity index (χ1) is 14.5. The Hall–Kier alpha value is -2.96. The number of nitrogens with one attached hydrogen (secondary N) is 1. The van der Waals surface area contributed by atoms with E-state index in [0.717, 1.165) is 31.7 Å². The Morgan fingerprint density at radius 2 is 1.93 bits per heavy atom. The van der Waals surface area contributed by atoms with Gasteiger partial charge < -0.3 is 24.3 Å². The predicted molar refractivity (Wildman–Crippen MR) is 115 cm³/mol. The van der Waals surface area contributed by atoms with Crippen LogP contribution in [0, 0.1) is 5.92 Å². The van der Waals surface area contributed by atoms with Gasteiger partial charge in [0.25, 0.3) is 0 Å². The van der Waals surface area contributed by atoms with Crippen LogP contribution in [0.5, 0.6) is 5.75 Å². The lowest BCUT2D eigenvalue weighted by atomic mass is 9.99. The van der Waals surface area contributed by atoms with Crippen LogP contribution in [0.25, 0.3) is 0 Å². The molecule has 1 aliphatic rings. The molecule has 162 valence electrons. The van der Waals surface area contributed by atoms with Gasteiger partial charge in [0, 0.05) is 31.7 Å². The number of carbonyl (C=O) groups is 2. The number of nitrogens with zero attached hydrogens (tertiary/aromatic N) is 2. The number of likely N-dealkylation sites (tertiary alicyclic amines) is 1. The monoisotopic (exact) mass is 413 g/mol. The lowest BCUT2D eigenvalue weighted by molar-refractivity contribution is -0.132. The Bertz CT molecular complexity index is 796. The molecular weight excluding hydrogens is 382 g/mol. The van der Waals surface area contributed by atoms with Gasteiger partial charge in [-0.1, -0.05) is 6.92 Å². The van der Waals surface area contributed by atoms with Crippen LogP contribution in [0.2, 0.25) is 0 Å². The number of amides is 3. The Kier molecular flexibility index (Phi) is 7.76. The van der Waals surface area contributed by atoms with Gasteiger partial charge in [-0.25, -0.2) is 4.79 Å². The van der Waals surface area contributed by atoms with Crippen LogP contribution >= 0.6 is 0 Å². The standard InChI is InChI=1S/C23H31N3O4/c1-3-29-20-8-6-19(7-9-20)24-23(28)26(17-21-5-4-16-30-21)15-12-22(27)25-13-10-18(2)11-14-25/h4-9,16,18H,3,10-15,17H2,1-2H3,(H,24,28). The molecule has 1 saturated heterocycles. The molecule has 7 heteroatoms. The van der Waals surface area contributed by atoms with Crippen LogP contribution in [0.1, 0.15) is 38.9 Å². The zero-order chi connectivity index (χ0) is 21.3. The van der Waals surface area contributed by atoms with Crippen molar-refractivity contribution < 1.29 is 18.7 Å². The van der Waals surface area contributed by atoms with E-state index in [0.29, 0.717) is 43.5 Å². The first-order valence-corrected chi connectivity index (χ1v) is 10.6. The van der Waals surface area contributed by atoms with E-state index < -0.39 is 0 Å². The molecule has 2 heterocycles. The smallest absolute Gasteiger partial charge is 0.322 e. The second kappa shape index (κ2) is 10.7. The molecule has 1 N–H and O–H groups in total. The SMILES string of the molecule is CCOc1ccc(NC(=O)N(CCC(=O)N2CCC(C)CC2)Cc2ccco2)cc1. The van der Waals surface area contributed by atoms with E-state index >= 15 is 0 Å². The number of furan rings is 1. The van der Waals surface area contributed by atoms with Crippen molar-refractivity contribution in [3.63, 3.8) is 0 Å². The summed E-state index contributed by atoms with van der Waals surface area (Å²) < 4.78 is 10.8. The third-order valence-electron chi connectivity index (χ3n) is 5.36. The van der Waals surface area contributed by atoms with Gasteiger partial charge in [0.05, 0.1) is 19.4 Å². The Labute approximate surface area is 178 Å². The van der Waals surface area contributed by atoms with Gasteiger partial charge in [-0.2, -0.15) is 0 Å². The summed E-state index contributed by atoms with van der Waals surface area (Å²) in [6.45, 7) is 6.97. The van der Waals surface area contributed by atoms with E-state index in [9.17, 15) is 9.59 Å². The molecule has 7 nitrogen and oxygen atoms in total. The molecule has 3 amide bonds. The summed E-state index contributed by atoms with van der Waals surface area (Å²) in [7, 11) is 0. The highest BCUT2D eigenvalue weighted by atomic mass is 16.5. The maximum Gasteiger partial charge on any atom is 0.322 e. The molecule has 2 aromatic rings.